The fourth-order valence-electron chi connectivity index (χ4n) is 2.40. The van der Waals surface area contributed by atoms with Gasteiger partial charge < -0.3 is 9.47 Å². The first-order chi connectivity index (χ1) is 9.96. The summed E-state index contributed by atoms with van der Waals surface area (Å²) in [4.78, 5) is 0.00315. The van der Waals surface area contributed by atoms with E-state index in [0.717, 1.165) is 5.56 Å². The topological polar surface area (TPSA) is 18.5 Å². The Morgan fingerprint density at radius 2 is 1.43 bits per heavy atom. The zero-order valence-electron chi connectivity index (χ0n) is 12.5. The highest BCUT2D eigenvalue weighted by Crippen LogP contribution is 2.41. The molecule has 0 saturated carbocycles. The minimum absolute atomic E-state index is 0.00315. The first kappa shape index (κ1) is 16.2. The molecule has 0 radical (unpaired) electrons. The van der Waals surface area contributed by atoms with E-state index in [1.165, 1.54) is 16.7 Å². The fourth-order valence-corrected chi connectivity index (χ4v) is 3.44. The monoisotopic (exact) mass is 368 g/mol. The van der Waals surface area contributed by atoms with Gasteiger partial charge in [0.1, 0.15) is 0 Å². The molecule has 2 nitrogen and oxygen atoms in total. The van der Waals surface area contributed by atoms with E-state index in [4.69, 9.17) is 21.1 Å². The summed E-state index contributed by atoms with van der Waals surface area (Å²) in [5.41, 5.74) is 4.58. The maximum absolute atomic E-state index is 6.40. The molecule has 1 unspecified atom stereocenters. The fraction of sp³-hybridized carbons (Fsp3) is 0.294. The molecule has 0 amide bonds. The van der Waals surface area contributed by atoms with E-state index in [9.17, 15) is 0 Å². The number of rotatable bonds is 4. The molecule has 0 bridgehead atoms. The molecule has 0 spiro atoms. The average molecular weight is 370 g/mol. The first-order valence-corrected chi connectivity index (χ1v) is 7.89. The van der Waals surface area contributed by atoms with Crippen molar-refractivity contribution in [3.05, 3.63) is 57.6 Å². The van der Waals surface area contributed by atoms with Gasteiger partial charge in [0.15, 0.2) is 11.5 Å². The third kappa shape index (κ3) is 3.53. The molecule has 4 heteroatoms. The lowest BCUT2D eigenvalue weighted by atomic mass is 10.00. The van der Waals surface area contributed by atoms with Crippen LogP contribution in [0.25, 0.3) is 0 Å². The van der Waals surface area contributed by atoms with Gasteiger partial charge in [0, 0.05) is 11.1 Å². The van der Waals surface area contributed by atoms with Crippen LogP contribution in [0, 0.1) is 13.8 Å². The molecule has 2 aromatic rings. The van der Waals surface area contributed by atoms with Crippen LogP contribution in [0.15, 0.2) is 30.3 Å². The molecule has 0 aliphatic carbocycles. The third-order valence-corrected chi connectivity index (χ3v) is 4.66. The molecule has 21 heavy (non-hydrogen) atoms. The number of methoxy groups -OCH3 is 2. The van der Waals surface area contributed by atoms with Gasteiger partial charge in [-0.15, -0.1) is 0 Å². The standard InChI is InChI=1S/C17H18BrClO2/c1-10-5-11(2)7-12(6-10)17(18)13-8-15(20-3)16(21-4)9-14(13)19/h5-9,17H,1-4H3. The lowest BCUT2D eigenvalue weighted by Crippen LogP contribution is -1.98. The average Bonchev–Trinajstić information content (AvgIpc) is 2.45. The maximum Gasteiger partial charge on any atom is 0.162 e. The Kier molecular flexibility index (Phi) is 5.17. The van der Waals surface area contributed by atoms with Gasteiger partial charge >= 0.3 is 0 Å². The molecule has 0 saturated heterocycles. The Balaban J connectivity index is 2.49. The highest BCUT2D eigenvalue weighted by Gasteiger charge is 2.18. The van der Waals surface area contributed by atoms with Crippen LogP contribution in [0.3, 0.4) is 0 Å². The molecule has 1 atom stereocenters. The lowest BCUT2D eigenvalue weighted by molar-refractivity contribution is 0.354. The molecule has 2 rings (SSSR count). The molecule has 0 fully saturated rings. The van der Waals surface area contributed by atoms with Crippen LogP contribution in [0.4, 0.5) is 0 Å². The summed E-state index contributed by atoms with van der Waals surface area (Å²) in [5, 5.41) is 0.647. The van der Waals surface area contributed by atoms with Gasteiger partial charge in [-0.1, -0.05) is 56.9 Å². The van der Waals surface area contributed by atoms with Gasteiger partial charge in [0.2, 0.25) is 0 Å². The van der Waals surface area contributed by atoms with Crippen molar-refractivity contribution in [3.8, 4) is 11.5 Å². The van der Waals surface area contributed by atoms with Crippen LogP contribution in [-0.4, -0.2) is 14.2 Å². The summed E-state index contributed by atoms with van der Waals surface area (Å²) < 4.78 is 10.6. The van der Waals surface area contributed by atoms with Crippen LogP contribution >= 0.6 is 27.5 Å². The summed E-state index contributed by atoms with van der Waals surface area (Å²) in [6, 6.07) is 10.2. The smallest absolute Gasteiger partial charge is 0.162 e. The summed E-state index contributed by atoms with van der Waals surface area (Å²) >= 11 is 10.1. The van der Waals surface area contributed by atoms with Gasteiger partial charge in [-0.25, -0.2) is 0 Å². The van der Waals surface area contributed by atoms with Crippen molar-refractivity contribution in [2.75, 3.05) is 14.2 Å². The Morgan fingerprint density at radius 3 is 1.95 bits per heavy atom. The predicted octanol–water partition coefficient (Wildman–Crippen LogP) is 5.46. The normalized spacial score (nSPS) is 12.1. The molecule has 112 valence electrons. The Hall–Kier alpha value is -1.19. The van der Waals surface area contributed by atoms with E-state index in [-0.39, 0.29) is 4.83 Å². The van der Waals surface area contributed by atoms with Crippen molar-refractivity contribution in [2.45, 2.75) is 18.7 Å². The zero-order valence-corrected chi connectivity index (χ0v) is 14.9. The lowest BCUT2D eigenvalue weighted by Gasteiger charge is -2.17. The van der Waals surface area contributed by atoms with E-state index in [2.05, 4.69) is 48.0 Å². The van der Waals surface area contributed by atoms with E-state index in [0.29, 0.717) is 16.5 Å². The van der Waals surface area contributed by atoms with Gasteiger partial charge in [-0.2, -0.15) is 0 Å². The molecule has 0 N–H and O–H groups in total. The molecule has 0 aromatic heterocycles. The quantitative estimate of drug-likeness (QED) is 0.666. The van der Waals surface area contributed by atoms with Crippen LogP contribution in [0.1, 0.15) is 27.1 Å². The summed E-state index contributed by atoms with van der Waals surface area (Å²) in [6.45, 7) is 4.18. The predicted molar refractivity (Wildman–Crippen MR) is 91.2 cm³/mol. The van der Waals surface area contributed by atoms with Crippen molar-refractivity contribution < 1.29 is 9.47 Å². The number of aryl methyl sites for hydroxylation is 2. The highest BCUT2D eigenvalue weighted by molar-refractivity contribution is 9.09. The van der Waals surface area contributed by atoms with E-state index in [1.807, 2.05) is 6.07 Å². The second-order valence-electron chi connectivity index (χ2n) is 5.01. The Morgan fingerprint density at radius 1 is 0.905 bits per heavy atom. The highest BCUT2D eigenvalue weighted by atomic mass is 79.9. The number of halogens is 2. The van der Waals surface area contributed by atoms with E-state index >= 15 is 0 Å². The minimum atomic E-state index is 0.00315. The van der Waals surface area contributed by atoms with Crippen molar-refractivity contribution in [2.24, 2.45) is 0 Å². The van der Waals surface area contributed by atoms with E-state index in [1.54, 1.807) is 20.3 Å². The third-order valence-electron chi connectivity index (χ3n) is 3.31. The SMILES string of the molecule is COc1cc(Cl)c(C(Br)c2cc(C)cc(C)c2)cc1OC. The molecular formula is C17H18BrClO2. The molecule has 0 heterocycles. The largest absolute Gasteiger partial charge is 0.493 e. The van der Waals surface area contributed by atoms with Crippen LogP contribution < -0.4 is 9.47 Å². The second-order valence-corrected chi connectivity index (χ2v) is 6.34. The van der Waals surface area contributed by atoms with Crippen molar-refractivity contribution in [1.82, 2.24) is 0 Å². The zero-order chi connectivity index (χ0) is 15.6. The van der Waals surface area contributed by atoms with Crippen LogP contribution in [0.2, 0.25) is 5.02 Å². The number of alkyl halides is 1. The molecule has 2 aromatic carbocycles. The number of ether oxygens (including phenoxy) is 2. The van der Waals surface area contributed by atoms with E-state index < -0.39 is 0 Å². The van der Waals surface area contributed by atoms with Crippen LogP contribution in [-0.2, 0) is 0 Å². The number of hydrogen-bond acceptors (Lipinski definition) is 2. The van der Waals surface area contributed by atoms with Crippen LogP contribution in [0.5, 0.6) is 11.5 Å². The van der Waals surface area contributed by atoms with Gasteiger partial charge in [0.25, 0.3) is 0 Å². The second kappa shape index (κ2) is 6.71. The van der Waals surface area contributed by atoms with Crippen molar-refractivity contribution >= 4 is 27.5 Å². The molecule has 0 aliphatic heterocycles. The first-order valence-electron chi connectivity index (χ1n) is 6.60. The number of benzene rings is 2. The van der Waals surface area contributed by atoms with Gasteiger partial charge in [-0.3, -0.25) is 0 Å². The van der Waals surface area contributed by atoms with Gasteiger partial charge in [-0.05, 0) is 31.0 Å². The summed E-state index contributed by atoms with van der Waals surface area (Å²) in [6.07, 6.45) is 0. The summed E-state index contributed by atoms with van der Waals surface area (Å²) in [5.74, 6) is 1.30. The molecular weight excluding hydrogens is 352 g/mol. The Labute approximate surface area is 139 Å². The summed E-state index contributed by atoms with van der Waals surface area (Å²) in [7, 11) is 3.22. The van der Waals surface area contributed by atoms with Crippen molar-refractivity contribution in [3.63, 3.8) is 0 Å². The van der Waals surface area contributed by atoms with Crippen molar-refractivity contribution in [1.29, 1.82) is 0 Å². The van der Waals surface area contributed by atoms with Gasteiger partial charge in [0.05, 0.1) is 19.0 Å². The minimum Gasteiger partial charge on any atom is -0.493 e. The number of hydrogen-bond donors (Lipinski definition) is 0. The Bertz CT molecular complexity index is 635. The molecule has 0 aliphatic rings. The maximum atomic E-state index is 6.40.